The number of halogens is 3. The minimum absolute atomic E-state index is 0.366. The molecule has 16 heavy (non-hydrogen) atoms. The van der Waals surface area contributed by atoms with E-state index in [1.165, 1.54) is 0 Å². The summed E-state index contributed by atoms with van der Waals surface area (Å²) in [5.41, 5.74) is 0.910. The summed E-state index contributed by atoms with van der Waals surface area (Å²) in [6.45, 7) is 0. The van der Waals surface area contributed by atoms with Crippen LogP contribution in [0.15, 0.2) is 6.20 Å². The van der Waals surface area contributed by atoms with E-state index in [2.05, 4.69) is 10.7 Å². The fourth-order valence-corrected chi connectivity index (χ4v) is 1.02. The smallest absolute Gasteiger partial charge is 0.299 e. The van der Waals surface area contributed by atoms with Gasteiger partial charge in [0, 0.05) is 0 Å². The van der Waals surface area contributed by atoms with E-state index < -0.39 is 40.0 Å². The van der Waals surface area contributed by atoms with E-state index in [0.29, 0.717) is 6.20 Å². The molecule has 1 aromatic rings. The molecule has 0 aliphatic carbocycles. The number of nitrogens with two attached hydrogens (primary N) is 1. The van der Waals surface area contributed by atoms with Gasteiger partial charge < -0.3 is 5.73 Å². The first-order valence-electron chi connectivity index (χ1n) is 3.77. The molecule has 1 amide bonds. The first kappa shape index (κ1) is 11.9. The zero-order valence-electron chi connectivity index (χ0n) is 7.49. The summed E-state index contributed by atoms with van der Waals surface area (Å²) >= 11 is 0. The van der Waals surface area contributed by atoms with Gasteiger partial charge in [-0.15, -0.1) is 0 Å². The molecule has 0 radical (unpaired) electrons. The highest BCUT2D eigenvalue weighted by Gasteiger charge is 2.30. The summed E-state index contributed by atoms with van der Waals surface area (Å²) in [4.78, 5) is 22.7. The van der Waals surface area contributed by atoms with Crippen molar-refractivity contribution in [1.82, 2.24) is 4.98 Å². The maximum atomic E-state index is 13.2. The Morgan fingerprint density at radius 1 is 1.56 bits per heavy atom. The van der Waals surface area contributed by atoms with E-state index in [1.54, 1.807) is 0 Å². The minimum Gasteiger partial charge on any atom is -0.364 e. The summed E-state index contributed by atoms with van der Waals surface area (Å²) in [5.74, 6) is -3.15. The average molecular weight is 235 g/mol. The van der Waals surface area contributed by atoms with Crippen molar-refractivity contribution < 1.29 is 22.9 Å². The Kier molecular flexibility index (Phi) is 3.06. The number of alkyl halides is 2. The summed E-state index contributed by atoms with van der Waals surface area (Å²) in [5, 5.41) is 10.3. The third kappa shape index (κ3) is 1.92. The fraction of sp³-hybridized carbons (Fsp3) is 0.143. The Morgan fingerprint density at radius 3 is 2.50 bits per heavy atom. The first-order chi connectivity index (χ1) is 7.36. The van der Waals surface area contributed by atoms with Crippen molar-refractivity contribution in [2.45, 2.75) is 6.43 Å². The number of nitro groups is 1. The van der Waals surface area contributed by atoms with E-state index in [1.807, 2.05) is 0 Å². The Labute approximate surface area is 86.0 Å². The van der Waals surface area contributed by atoms with Gasteiger partial charge in [0.25, 0.3) is 18.0 Å². The fourth-order valence-electron chi connectivity index (χ4n) is 1.02. The van der Waals surface area contributed by atoms with E-state index in [4.69, 9.17) is 0 Å². The Bertz CT molecular complexity index is 464. The molecule has 0 spiro atoms. The molecule has 0 saturated carbocycles. The molecule has 9 heteroatoms. The van der Waals surface area contributed by atoms with Crippen molar-refractivity contribution >= 4 is 11.6 Å². The van der Waals surface area contributed by atoms with Gasteiger partial charge in [0.05, 0.1) is 4.92 Å². The molecule has 0 bridgehead atoms. The molecule has 0 atom stereocenters. The summed E-state index contributed by atoms with van der Waals surface area (Å²) in [6.07, 6.45) is -3.08. The number of pyridine rings is 1. The number of nitrogens with zero attached hydrogens (tertiary/aromatic N) is 2. The molecule has 0 aromatic carbocycles. The van der Waals surface area contributed by atoms with Crippen molar-refractivity contribution in [2.75, 3.05) is 0 Å². The average Bonchev–Trinajstić information content (AvgIpc) is 2.15. The van der Waals surface area contributed by atoms with Crippen LogP contribution in [-0.4, -0.2) is 15.8 Å². The molecule has 1 aromatic heterocycles. The number of hydrogen-bond donors (Lipinski definition) is 1. The van der Waals surface area contributed by atoms with Gasteiger partial charge in [0.15, 0.2) is 11.5 Å². The molecule has 2 N–H and O–H groups in total. The standard InChI is InChI=1S/C7H4F3N3O3/c8-4-3(6(9)10)2(13(15)16)1-12-5(4)7(11)14/h1,6H,(H2,11,14). The second kappa shape index (κ2) is 4.13. The third-order valence-electron chi connectivity index (χ3n) is 1.68. The quantitative estimate of drug-likeness (QED) is 0.627. The lowest BCUT2D eigenvalue weighted by Crippen LogP contribution is -2.17. The highest BCUT2D eigenvalue weighted by atomic mass is 19.3. The van der Waals surface area contributed by atoms with Crippen LogP contribution in [0.4, 0.5) is 18.9 Å². The van der Waals surface area contributed by atoms with Crippen molar-refractivity contribution in [1.29, 1.82) is 0 Å². The van der Waals surface area contributed by atoms with Gasteiger partial charge in [0.2, 0.25) is 0 Å². The molecular formula is C7H4F3N3O3. The molecule has 1 rings (SSSR count). The van der Waals surface area contributed by atoms with Crippen LogP contribution in [0.2, 0.25) is 0 Å². The number of hydrogen-bond acceptors (Lipinski definition) is 4. The molecule has 86 valence electrons. The van der Waals surface area contributed by atoms with E-state index in [-0.39, 0.29) is 0 Å². The number of rotatable bonds is 3. The van der Waals surface area contributed by atoms with Crippen LogP contribution in [0.3, 0.4) is 0 Å². The Balaban J connectivity index is 3.54. The normalized spacial score (nSPS) is 10.5. The van der Waals surface area contributed by atoms with E-state index in [0.717, 1.165) is 0 Å². The lowest BCUT2D eigenvalue weighted by atomic mass is 10.2. The summed E-state index contributed by atoms with van der Waals surface area (Å²) < 4.78 is 38.0. The van der Waals surface area contributed by atoms with Crippen LogP contribution in [0.25, 0.3) is 0 Å². The van der Waals surface area contributed by atoms with E-state index in [9.17, 15) is 28.1 Å². The van der Waals surface area contributed by atoms with Gasteiger partial charge in [-0.05, 0) is 0 Å². The predicted octanol–water partition coefficient (Wildman–Crippen LogP) is 1.17. The van der Waals surface area contributed by atoms with Gasteiger partial charge in [-0.25, -0.2) is 18.2 Å². The number of aromatic nitrogens is 1. The molecule has 0 unspecified atom stereocenters. The van der Waals surface area contributed by atoms with Crippen molar-refractivity contribution in [3.63, 3.8) is 0 Å². The van der Waals surface area contributed by atoms with Gasteiger partial charge in [-0.3, -0.25) is 14.9 Å². The van der Waals surface area contributed by atoms with Crippen molar-refractivity contribution in [2.24, 2.45) is 5.73 Å². The molecule has 0 saturated heterocycles. The van der Waals surface area contributed by atoms with Crippen LogP contribution in [0, 0.1) is 15.9 Å². The van der Waals surface area contributed by atoms with Crippen LogP contribution < -0.4 is 5.73 Å². The molecule has 6 nitrogen and oxygen atoms in total. The largest absolute Gasteiger partial charge is 0.364 e. The number of carbonyl (C=O) groups excluding carboxylic acids is 1. The van der Waals surface area contributed by atoms with Gasteiger partial charge >= 0.3 is 0 Å². The minimum atomic E-state index is -3.44. The van der Waals surface area contributed by atoms with Crippen LogP contribution in [0.1, 0.15) is 22.5 Å². The van der Waals surface area contributed by atoms with Gasteiger partial charge in [-0.1, -0.05) is 0 Å². The van der Waals surface area contributed by atoms with E-state index >= 15 is 0 Å². The topological polar surface area (TPSA) is 99.1 Å². The maximum Gasteiger partial charge on any atom is 0.299 e. The number of primary amides is 1. The van der Waals surface area contributed by atoms with Crippen molar-refractivity contribution in [3.05, 3.63) is 33.4 Å². The summed E-state index contributed by atoms with van der Waals surface area (Å²) in [6, 6.07) is 0. The van der Waals surface area contributed by atoms with Crippen molar-refractivity contribution in [3.8, 4) is 0 Å². The zero-order valence-corrected chi connectivity index (χ0v) is 7.49. The predicted molar refractivity (Wildman–Crippen MR) is 44.3 cm³/mol. The molecule has 0 aliphatic rings. The van der Waals surface area contributed by atoms with Crippen LogP contribution in [-0.2, 0) is 0 Å². The van der Waals surface area contributed by atoms with Crippen LogP contribution >= 0.6 is 0 Å². The third-order valence-corrected chi connectivity index (χ3v) is 1.68. The first-order valence-corrected chi connectivity index (χ1v) is 3.77. The second-order valence-corrected chi connectivity index (χ2v) is 2.64. The SMILES string of the molecule is NC(=O)c1ncc([N+](=O)[O-])c(C(F)F)c1F. The maximum absolute atomic E-state index is 13.2. The highest BCUT2D eigenvalue weighted by Crippen LogP contribution is 2.31. The lowest BCUT2D eigenvalue weighted by Gasteiger charge is -2.04. The van der Waals surface area contributed by atoms with Crippen LogP contribution in [0.5, 0.6) is 0 Å². The van der Waals surface area contributed by atoms with Gasteiger partial charge in [-0.2, -0.15) is 0 Å². The molecule has 0 aliphatic heterocycles. The lowest BCUT2D eigenvalue weighted by molar-refractivity contribution is -0.386. The zero-order chi connectivity index (χ0) is 12.5. The number of carbonyl (C=O) groups is 1. The Morgan fingerprint density at radius 2 is 2.12 bits per heavy atom. The monoisotopic (exact) mass is 235 g/mol. The molecular weight excluding hydrogens is 231 g/mol. The summed E-state index contributed by atoms with van der Waals surface area (Å²) in [7, 11) is 0. The Hall–Kier alpha value is -2.19. The second-order valence-electron chi connectivity index (χ2n) is 2.64. The van der Waals surface area contributed by atoms with Gasteiger partial charge in [0.1, 0.15) is 11.8 Å². The molecule has 0 fully saturated rings. The molecule has 1 heterocycles. The number of amides is 1. The highest BCUT2D eigenvalue weighted by molar-refractivity contribution is 5.91.